The van der Waals surface area contributed by atoms with Gasteiger partial charge in [-0.25, -0.2) is 4.79 Å². The molecule has 0 aliphatic rings. The normalized spacial score (nSPS) is 10.6. The first-order valence-corrected chi connectivity index (χ1v) is 12.2. The average Bonchev–Trinajstić information content (AvgIpc) is 3.17. The molecule has 0 radical (unpaired) electrons. The second-order valence-electron chi connectivity index (χ2n) is 7.22. The summed E-state index contributed by atoms with van der Waals surface area (Å²) in [4.78, 5) is 25.0. The molecular weight excluding hydrogens is 532 g/mol. The SMILES string of the molecule is CCOC(=O)c1sc(NC(=O)/C=C/c2cc(Br)c(OCc3ccccc3)c(OC)c2)c(C#N)c1C. The molecule has 1 amide bonds. The highest BCUT2D eigenvalue weighted by molar-refractivity contribution is 9.10. The minimum absolute atomic E-state index is 0.220. The van der Waals surface area contributed by atoms with E-state index in [2.05, 4.69) is 21.2 Å². The number of halogens is 1. The first-order valence-electron chi connectivity index (χ1n) is 10.6. The summed E-state index contributed by atoms with van der Waals surface area (Å²) in [7, 11) is 1.54. The number of methoxy groups -OCH3 is 1. The number of amides is 1. The number of hydrogen-bond donors (Lipinski definition) is 1. The zero-order chi connectivity index (χ0) is 25.4. The second-order valence-corrected chi connectivity index (χ2v) is 9.10. The molecule has 0 saturated heterocycles. The van der Waals surface area contributed by atoms with Gasteiger partial charge in [-0.05, 0) is 64.7 Å². The number of nitrogens with zero attached hydrogens (tertiary/aromatic N) is 1. The summed E-state index contributed by atoms with van der Waals surface area (Å²) in [5, 5.41) is 12.5. The number of benzene rings is 2. The third-order valence-electron chi connectivity index (χ3n) is 4.86. The minimum Gasteiger partial charge on any atom is -0.493 e. The summed E-state index contributed by atoms with van der Waals surface area (Å²) in [5.41, 5.74) is 2.44. The molecule has 2 aromatic carbocycles. The Kier molecular flexibility index (Phi) is 9.06. The third kappa shape index (κ3) is 6.50. The van der Waals surface area contributed by atoms with Gasteiger partial charge in [-0.2, -0.15) is 5.26 Å². The predicted molar refractivity (Wildman–Crippen MR) is 139 cm³/mol. The molecule has 0 aliphatic carbocycles. The van der Waals surface area contributed by atoms with Crippen LogP contribution < -0.4 is 14.8 Å². The van der Waals surface area contributed by atoms with E-state index in [0.29, 0.717) is 43.6 Å². The molecule has 180 valence electrons. The molecule has 9 heteroatoms. The number of esters is 1. The van der Waals surface area contributed by atoms with Crippen LogP contribution in [0.15, 0.2) is 53.0 Å². The number of ether oxygens (including phenoxy) is 3. The van der Waals surface area contributed by atoms with Crippen LogP contribution in [-0.2, 0) is 16.1 Å². The summed E-state index contributed by atoms with van der Waals surface area (Å²) in [6.45, 7) is 3.95. The lowest BCUT2D eigenvalue weighted by Gasteiger charge is -2.13. The van der Waals surface area contributed by atoms with Crippen LogP contribution in [0.5, 0.6) is 11.5 Å². The smallest absolute Gasteiger partial charge is 0.348 e. The van der Waals surface area contributed by atoms with Crippen molar-refractivity contribution in [2.24, 2.45) is 0 Å². The van der Waals surface area contributed by atoms with Gasteiger partial charge in [-0.15, -0.1) is 11.3 Å². The van der Waals surface area contributed by atoms with Gasteiger partial charge in [0.15, 0.2) is 11.5 Å². The molecule has 0 saturated carbocycles. The highest BCUT2D eigenvalue weighted by Gasteiger charge is 2.21. The van der Waals surface area contributed by atoms with Crippen molar-refractivity contribution in [2.45, 2.75) is 20.5 Å². The lowest BCUT2D eigenvalue weighted by atomic mass is 10.1. The van der Waals surface area contributed by atoms with Crippen LogP contribution in [-0.4, -0.2) is 25.6 Å². The van der Waals surface area contributed by atoms with Gasteiger partial charge in [0.1, 0.15) is 22.6 Å². The van der Waals surface area contributed by atoms with Gasteiger partial charge in [0, 0.05) is 6.08 Å². The zero-order valence-corrected chi connectivity index (χ0v) is 21.8. The van der Waals surface area contributed by atoms with Crippen LogP contribution in [0.25, 0.3) is 6.08 Å². The minimum atomic E-state index is -0.519. The Morgan fingerprint density at radius 2 is 1.97 bits per heavy atom. The Balaban J connectivity index is 1.74. The Morgan fingerprint density at radius 3 is 2.63 bits per heavy atom. The standard InChI is InChI=1S/C26H23BrN2O5S/c1-4-33-26(31)24-16(2)19(14-28)25(35-24)29-22(30)11-10-18-12-20(27)23(21(13-18)32-3)34-15-17-8-6-5-7-9-17/h5-13H,4,15H2,1-3H3,(H,29,30)/b11-10+. The molecule has 0 fully saturated rings. The predicted octanol–water partition coefficient (Wildman–Crippen LogP) is 6.11. The Morgan fingerprint density at radius 1 is 1.23 bits per heavy atom. The van der Waals surface area contributed by atoms with E-state index in [1.54, 1.807) is 33.1 Å². The van der Waals surface area contributed by atoms with Gasteiger partial charge >= 0.3 is 5.97 Å². The number of nitriles is 1. The van der Waals surface area contributed by atoms with Crippen molar-refractivity contribution >= 4 is 50.2 Å². The van der Waals surface area contributed by atoms with E-state index in [1.807, 2.05) is 42.5 Å². The van der Waals surface area contributed by atoms with Crippen LogP contribution in [0, 0.1) is 18.3 Å². The number of rotatable bonds is 9. The largest absolute Gasteiger partial charge is 0.493 e. The van der Waals surface area contributed by atoms with Gasteiger partial charge in [0.2, 0.25) is 5.91 Å². The first kappa shape index (κ1) is 26.0. The molecule has 0 aliphatic heterocycles. The van der Waals surface area contributed by atoms with E-state index in [-0.39, 0.29) is 12.2 Å². The molecule has 0 spiro atoms. The summed E-state index contributed by atoms with van der Waals surface area (Å²) < 4.78 is 17.1. The molecule has 1 N–H and O–H groups in total. The van der Waals surface area contributed by atoms with Gasteiger partial charge < -0.3 is 19.5 Å². The molecule has 1 heterocycles. The maximum absolute atomic E-state index is 12.6. The van der Waals surface area contributed by atoms with Crippen molar-refractivity contribution in [1.29, 1.82) is 5.26 Å². The van der Waals surface area contributed by atoms with Gasteiger partial charge in [0.05, 0.1) is 23.8 Å². The Labute approximate surface area is 216 Å². The van der Waals surface area contributed by atoms with E-state index in [9.17, 15) is 14.9 Å². The fourth-order valence-electron chi connectivity index (χ4n) is 3.16. The van der Waals surface area contributed by atoms with Crippen molar-refractivity contribution in [3.05, 3.63) is 80.1 Å². The molecule has 7 nitrogen and oxygen atoms in total. The van der Waals surface area contributed by atoms with Crippen molar-refractivity contribution < 1.29 is 23.8 Å². The summed E-state index contributed by atoms with van der Waals surface area (Å²) in [6, 6.07) is 15.4. The Hall–Kier alpha value is -3.61. The summed E-state index contributed by atoms with van der Waals surface area (Å²) >= 11 is 4.53. The Bertz CT molecular complexity index is 1300. The van der Waals surface area contributed by atoms with Gasteiger partial charge in [0.25, 0.3) is 0 Å². The van der Waals surface area contributed by atoms with E-state index in [1.165, 1.54) is 6.08 Å². The summed E-state index contributed by atoms with van der Waals surface area (Å²) in [5.74, 6) is 0.0963. The molecule has 0 atom stereocenters. The van der Waals surface area contributed by atoms with Crippen LogP contribution in [0.1, 0.15) is 38.8 Å². The molecular formula is C26H23BrN2O5S. The highest BCUT2D eigenvalue weighted by atomic mass is 79.9. The molecule has 35 heavy (non-hydrogen) atoms. The van der Waals surface area contributed by atoms with Gasteiger partial charge in [-0.1, -0.05) is 30.3 Å². The van der Waals surface area contributed by atoms with Crippen LogP contribution >= 0.6 is 27.3 Å². The average molecular weight is 555 g/mol. The number of nitrogens with one attached hydrogen (secondary N) is 1. The lowest BCUT2D eigenvalue weighted by Crippen LogP contribution is -2.07. The number of carbonyl (C=O) groups excluding carboxylic acids is 2. The first-order chi connectivity index (χ1) is 16.9. The van der Waals surface area contributed by atoms with Crippen molar-refractivity contribution in [3.8, 4) is 17.6 Å². The topological polar surface area (TPSA) is 97.7 Å². The second kappa shape index (κ2) is 12.2. The van der Waals surface area contributed by atoms with Gasteiger partial charge in [-0.3, -0.25) is 4.79 Å². The van der Waals surface area contributed by atoms with Crippen LogP contribution in [0.2, 0.25) is 0 Å². The van der Waals surface area contributed by atoms with E-state index in [0.717, 1.165) is 16.9 Å². The van der Waals surface area contributed by atoms with Crippen molar-refractivity contribution in [1.82, 2.24) is 0 Å². The molecule has 0 bridgehead atoms. The fraction of sp³-hybridized carbons (Fsp3) is 0.192. The zero-order valence-electron chi connectivity index (χ0n) is 19.4. The molecule has 3 rings (SSSR count). The monoisotopic (exact) mass is 554 g/mol. The maximum atomic E-state index is 12.6. The highest BCUT2D eigenvalue weighted by Crippen LogP contribution is 2.38. The van der Waals surface area contributed by atoms with E-state index in [4.69, 9.17) is 14.2 Å². The van der Waals surface area contributed by atoms with Crippen LogP contribution in [0.3, 0.4) is 0 Å². The number of thiophene rings is 1. The quantitative estimate of drug-likeness (QED) is 0.253. The number of hydrogen-bond acceptors (Lipinski definition) is 7. The third-order valence-corrected chi connectivity index (χ3v) is 6.64. The lowest BCUT2D eigenvalue weighted by molar-refractivity contribution is -0.111. The van der Waals surface area contributed by atoms with Crippen molar-refractivity contribution in [2.75, 3.05) is 19.0 Å². The number of carbonyl (C=O) groups is 2. The van der Waals surface area contributed by atoms with E-state index >= 15 is 0 Å². The number of anilines is 1. The molecule has 3 aromatic rings. The maximum Gasteiger partial charge on any atom is 0.348 e. The summed E-state index contributed by atoms with van der Waals surface area (Å²) in [6.07, 6.45) is 2.95. The van der Waals surface area contributed by atoms with Crippen molar-refractivity contribution in [3.63, 3.8) is 0 Å². The van der Waals surface area contributed by atoms with E-state index < -0.39 is 11.9 Å². The molecule has 1 aromatic heterocycles. The fourth-order valence-corrected chi connectivity index (χ4v) is 4.79. The molecule has 0 unspecified atom stereocenters. The van der Waals surface area contributed by atoms with Crippen LogP contribution in [0.4, 0.5) is 5.00 Å².